The number of rotatable bonds is 6. The van der Waals surface area contributed by atoms with E-state index < -0.39 is 0 Å². The van der Waals surface area contributed by atoms with Crippen molar-refractivity contribution in [2.24, 2.45) is 5.92 Å². The van der Waals surface area contributed by atoms with Crippen molar-refractivity contribution in [3.63, 3.8) is 0 Å². The van der Waals surface area contributed by atoms with Gasteiger partial charge in [-0.2, -0.15) is 0 Å². The fourth-order valence-corrected chi connectivity index (χ4v) is 2.10. The fourth-order valence-electron chi connectivity index (χ4n) is 2.10. The first kappa shape index (κ1) is 13.5. The zero-order valence-corrected chi connectivity index (χ0v) is 10.6. The van der Waals surface area contributed by atoms with Gasteiger partial charge in [0.2, 0.25) is 0 Å². The molecule has 0 heterocycles. The zero-order chi connectivity index (χ0) is 11.8. The second kappa shape index (κ2) is 7.66. The Hall–Kier alpha value is -0.570. The van der Waals surface area contributed by atoms with Crippen LogP contribution in [0.2, 0.25) is 0 Å². The van der Waals surface area contributed by atoms with Crippen LogP contribution in [0.4, 0.5) is 0 Å². The summed E-state index contributed by atoms with van der Waals surface area (Å²) in [6.07, 6.45) is 6.91. The molecule has 0 radical (unpaired) electrons. The monoisotopic (exact) mass is 227 g/mol. The molecule has 1 rings (SSSR count). The van der Waals surface area contributed by atoms with E-state index in [4.69, 9.17) is 4.74 Å². The number of ether oxygens (including phenoxy) is 1. The Bertz CT molecular complexity index is 198. The van der Waals surface area contributed by atoms with Crippen LogP contribution in [0.25, 0.3) is 0 Å². The van der Waals surface area contributed by atoms with Crippen molar-refractivity contribution < 1.29 is 9.53 Å². The van der Waals surface area contributed by atoms with Crippen LogP contribution in [0.5, 0.6) is 0 Å². The van der Waals surface area contributed by atoms with E-state index in [2.05, 4.69) is 19.2 Å². The molecule has 0 aliphatic heterocycles. The molecule has 0 aromatic heterocycles. The van der Waals surface area contributed by atoms with E-state index in [-0.39, 0.29) is 5.97 Å². The minimum Gasteiger partial charge on any atom is -0.465 e. The maximum Gasteiger partial charge on any atom is 0.307 e. The number of carbonyl (C=O) groups excluding carboxylic acids is 1. The first-order chi connectivity index (χ1) is 7.68. The summed E-state index contributed by atoms with van der Waals surface area (Å²) in [7, 11) is 0. The van der Waals surface area contributed by atoms with Gasteiger partial charge in [-0.05, 0) is 18.8 Å². The highest BCUT2D eigenvalue weighted by Gasteiger charge is 2.15. The van der Waals surface area contributed by atoms with Gasteiger partial charge < -0.3 is 10.1 Å². The van der Waals surface area contributed by atoms with Crippen molar-refractivity contribution in [3.8, 4) is 0 Å². The highest BCUT2D eigenvalue weighted by Crippen LogP contribution is 2.23. The van der Waals surface area contributed by atoms with Crippen molar-refractivity contribution in [2.45, 2.75) is 58.4 Å². The van der Waals surface area contributed by atoms with Crippen LogP contribution in [-0.4, -0.2) is 25.2 Å². The molecule has 1 aliphatic rings. The molecule has 0 spiro atoms. The average molecular weight is 227 g/mol. The molecule has 1 saturated carbocycles. The summed E-state index contributed by atoms with van der Waals surface area (Å²) >= 11 is 0. The van der Waals surface area contributed by atoms with Gasteiger partial charge in [-0.3, -0.25) is 4.79 Å². The van der Waals surface area contributed by atoms with Crippen LogP contribution < -0.4 is 5.32 Å². The molecule has 0 amide bonds. The van der Waals surface area contributed by atoms with E-state index in [0.29, 0.717) is 25.0 Å². The Labute approximate surface area is 98.9 Å². The van der Waals surface area contributed by atoms with Gasteiger partial charge in [0.05, 0.1) is 13.0 Å². The Balaban J connectivity index is 2.00. The second-order valence-electron chi connectivity index (χ2n) is 5.05. The molecule has 0 aromatic carbocycles. The normalized spacial score (nSPS) is 17.7. The summed E-state index contributed by atoms with van der Waals surface area (Å²) in [4.78, 5) is 11.4. The largest absolute Gasteiger partial charge is 0.465 e. The van der Waals surface area contributed by atoms with Crippen LogP contribution in [0, 0.1) is 5.92 Å². The van der Waals surface area contributed by atoms with Crippen LogP contribution in [0.3, 0.4) is 0 Å². The van der Waals surface area contributed by atoms with E-state index in [1.165, 1.54) is 32.1 Å². The van der Waals surface area contributed by atoms with Gasteiger partial charge in [0.1, 0.15) is 0 Å². The number of hydrogen-bond acceptors (Lipinski definition) is 3. The minimum absolute atomic E-state index is 0.0567. The van der Waals surface area contributed by atoms with Gasteiger partial charge >= 0.3 is 5.97 Å². The quantitative estimate of drug-likeness (QED) is 0.709. The zero-order valence-electron chi connectivity index (χ0n) is 10.6. The average Bonchev–Trinajstić information content (AvgIpc) is 2.27. The second-order valence-corrected chi connectivity index (χ2v) is 5.05. The van der Waals surface area contributed by atoms with E-state index >= 15 is 0 Å². The van der Waals surface area contributed by atoms with Gasteiger partial charge in [-0.25, -0.2) is 0 Å². The van der Waals surface area contributed by atoms with Crippen LogP contribution >= 0.6 is 0 Å². The highest BCUT2D eigenvalue weighted by atomic mass is 16.5. The molecule has 0 aromatic rings. The molecule has 0 saturated heterocycles. The van der Waals surface area contributed by atoms with Crippen molar-refractivity contribution in [1.29, 1.82) is 0 Å². The fraction of sp³-hybridized carbons (Fsp3) is 0.923. The van der Waals surface area contributed by atoms with E-state index in [1.807, 2.05) is 0 Å². The van der Waals surface area contributed by atoms with Gasteiger partial charge in [-0.1, -0.05) is 33.1 Å². The number of hydrogen-bond donors (Lipinski definition) is 1. The molecular weight excluding hydrogens is 202 g/mol. The van der Waals surface area contributed by atoms with Crippen LogP contribution in [0.1, 0.15) is 52.4 Å². The van der Waals surface area contributed by atoms with Crippen LogP contribution in [0.15, 0.2) is 0 Å². The lowest BCUT2D eigenvalue weighted by atomic mass is 9.90. The number of esters is 1. The molecule has 1 N–H and O–H groups in total. The first-order valence-corrected chi connectivity index (χ1v) is 6.57. The van der Waals surface area contributed by atoms with Crippen molar-refractivity contribution in [3.05, 3.63) is 0 Å². The molecule has 3 heteroatoms. The molecule has 16 heavy (non-hydrogen) atoms. The molecule has 3 nitrogen and oxygen atoms in total. The molecule has 1 fully saturated rings. The van der Waals surface area contributed by atoms with Crippen LogP contribution in [-0.2, 0) is 9.53 Å². The molecule has 0 bridgehead atoms. The van der Waals surface area contributed by atoms with Gasteiger partial charge in [-0.15, -0.1) is 0 Å². The summed E-state index contributed by atoms with van der Waals surface area (Å²) in [6, 6.07) is 0.436. The Morgan fingerprint density at radius 1 is 1.31 bits per heavy atom. The summed E-state index contributed by atoms with van der Waals surface area (Å²) < 4.78 is 5.28. The van der Waals surface area contributed by atoms with Gasteiger partial charge in [0, 0.05) is 12.6 Å². The number of nitrogens with one attached hydrogen (secondary N) is 1. The third kappa shape index (κ3) is 6.11. The summed E-state index contributed by atoms with van der Waals surface area (Å²) in [6.45, 7) is 5.52. The van der Waals surface area contributed by atoms with Gasteiger partial charge in [0.15, 0.2) is 0 Å². The lowest BCUT2D eigenvalue weighted by Crippen LogP contribution is -2.26. The first-order valence-electron chi connectivity index (χ1n) is 6.57. The Morgan fingerprint density at radius 3 is 2.62 bits per heavy atom. The topological polar surface area (TPSA) is 38.3 Å². The maximum absolute atomic E-state index is 11.4. The Kier molecular flexibility index (Phi) is 6.46. The van der Waals surface area contributed by atoms with E-state index in [1.54, 1.807) is 0 Å². The van der Waals surface area contributed by atoms with E-state index in [9.17, 15) is 4.79 Å². The molecule has 0 unspecified atom stereocenters. The summed E-state index contributed by atoms with van der Waals surface area (Å²) in [5.41, 5.74) is 0. The lowest BCUT2D eigenvalue weighted by Gasteiger charge is -2.21. The summed E-state index contributed by atoms with van der Waals surface area (Å²) in [5, 5.41) is 3.21. The molecule has 94 valence electrons. The number of carbonyl (C=O) groups is 1. The highest BCUT2D eigenvalue weighted by molar-refractivity contribution is 5.69. The third-order valence-corrected chi connectivity index (χ3v) is 3.09. The van der Waals surface area contributed by atoms with Crippen molar-refractivity contribution >= 4 is 5.97 Å². The van der Waals surface area contributed by atoms with Crippen molar-refractivity contribution in [2.75, 3.05) is 13.2 Å². The lowest BCUT2D eigenvalue weighted by molar-refractivity contribution is -0.145. The Morgan fingerprint density at radius 2 is 2.00 bits per heavy atom. The molecule has 1 aliphatic carbocycles. The molecule has 0 atom stereocenters. The minimum atomic E-state index is -0.0567. The summed E-state index contributed by atoms with van der Waals surface area (Å²) in [5.74, 6) is 0.564. The predicted molar refractivity (Wildman–Crippen MR) is 65.3 cm³/mol. The van der Waals surface area contributed by atoms with E-state index in [0.717, 1.165) is 6.54 Å². The van der Waals surface area contributed by atoms with Gasteiger partial charge in [0.25, 0.3) is 0 Å². The maximum atomic E-state index is 11.4. The standard InChI is InChI=1S/C13H25NO2/c1-11(2)14-9-8-13(15)16-10-12-6-4-3-5-7-12/h11-12,14H,3-10H2,1-2H3. The smallest absolute Gasteiger partial charge is 0.307 e. The van der Waals surface area contributed by atoms with Crippen molar-refractivity contribution in [1.82, 2.24) is 5.32 Å². The predicted octanol–water partition coefficient (Wildman–Crippen LogP) is 2.50. The molecular formula is C13H25NO2. The SMILES string of the molecule is CC(C)NCCC(=O)OCC1CCCCC1. The third-order valence-electron chi connectivity index (χ3n) is 3.09.